The van der Waals surface area contributed by atoms with E-state index in [0.717, 1.165) is 37.4 Å². The lowest BCUT2D eigenvalue weighted by molar-refractivity contribution is 0.0697. The van der Waals surface area contributed by atoms with Crippen LogP contribution in [0.1, 0.15) is 30.1 Å². The molecule has 0 unspecified atom stereocenters. The van der Waals surface area contributed by atoms with Gasteiger partial charge in [0.15, 0.2) is 0 Å². The van der Waals surface area contributed by atoms with E-state index in [1.165, 1.54) is 11.3 Å². The van der Waals surface area contributed by atoms with Gasteiger partial charge in [0, 0.05) is 30.2 Å². The largest absolute Gasteiger partial charge is 0.431 e. The molecular weight excluding hydrogens is 284 g/mol. The topological polar surface area (TPSA) is 42.4 Å². The third-order valence-electron chi connectivity index (χ3n) is 3.79. The van der Waals surface area contributed by atoms with Crippen LogP contribution in [0.4, 0.5) is 0 Å². The van der Waals surface area contributed by atoms with Crippen molar-refractivity contribution in [3.8, 4) is 10.9 Å². The fraction of sp³-hybridized carbons (Fsp3) is 0.375. The average Bonchev–Trinajstić information content (AvgIpc) is 3.01. The molecule has 3 rings (SSSR count). The smallest absolute Gasteiger partial charge is 0.278 e. The number of nitrogens with zero attached hydrogens (tertiary/aromatic N) is 2. The number of hydrogen-bond acceptors (Lipinski definition) is 4. The van der Waals surface area contributed by atoms with Crippen molar-refractivity contribution in [2.24, 2.45) is 5.92 Å². The number of aromatic nitrogens is 1. The van der Waals surface area contributed by atoms with E-state index in [-0.39, 0.29) is 5.91 Å². The minimum Gasteiger partial charge on any atom is -0.431 e. The van der Waals surface area contributed by atoms with Crippen molar-refractivity contribution in [1.29, 1.82) is 0 Å². The third-order valence-corrected chi connectivity index (χ3v) is 4.44. The minimum absolute atomic E-state index is 0.114. The molecule has 2 aromatic rings. The van der Waals surface area contributed by atoms with Gasteiger partial charge in [0.05, 0.1) is 0 Å². The highest BCUT2D eigenvalue weighted by Gasteiger charge is 2.21. The SMILES string of the molecule is CC1CCN(C(=O)c2ccc(Oc3nccs3)cc2)CC1. The first-order valence-corrected chi connectivity index (χ1v) is 8.07. The van der Waals surface area contributed by atoms with E-state index >= 15 is 0 Å². The molecule has 0 N–H and O–H groups in total. The van der Waals surface area contributed by atoms with Gasteiger partial charge in [0.25, 0.3) is 11.1 Å². The Morgan fingerprint density at radius 1 is 1.29 bits per heavy atom. The summed E-state index contributed by atoms with van der Waals surface area (Å²) in [6.07, 6.45) is 3.89. The molecule has 21 heavy (non-hydrogen) atoms. The molecule has 1 saturated heterocycles. The molecule has 4 nitrogen and oxygen atoms in total. The van der Waals surface area contributed by atoms with Gasteiger partial charge in [0.1, 0.15) is 5.75 Å². The number of rotatable bonds is 3. The maximum atomic E-state index is 12.4. The molecular formula is C16H18N2O2S. The Morgan fingerprint density at radius 2 is 2.00 bits per heavy atom. The van der Waals surface area contributed by atoms with Crippen molar-refractivity contribution in [3.63, 3.8) is 0 Å². The van der Waals surface area contributed by atoms with E-state index in [9.17, 15) is 4.79 Å². The molecule has 0 saturated carbocycles. The fourth-order valence-electron chi connectivity index (χ4n) is 2.42. The zero-order valence-electron chi connectivity index (χ0n) is 12.0. The summed E-state index contributed by atoms with van der Waals surface area (Å²) in [6.45, 7) is 3.96. The molecule has 1 aromatic heterocycles. The Bertz CT molecular complexity index is 587. The Kier molecular flexibility index (Phi) is 4.20. The van der Waals surface area contributed by atoms with Crippen molar-refractivity contribution in [2.45, 2.75) is 19.8 Å². The summed E-state index contributed by atoms with van der Waals surface area (Å²) >= 11 is 1.44. The lowest BCUT2D eigenvalue weighted by Gasteiger charge is -2.30. The van der Waals surface area contributed by atoms with Crippen molar-refractivity contribution < 1.29 is 9.53 Å². The summed E-state index contributed by atoms with van der Waals surface area (Å²) in [5.41, 5.74) is 0.719. The molecule has 0 aliphatic carbocycles. The first-order valence-electron chi connectivity index (χ1n) is 7.19. The van der Waals surface area contributed by atoms with Crippen molar-refractivity contribution in [2.75, 3.05) is 13.1 Å². The van der Waals surface area contributed by atoms with Gasteiger partial charge in [-0.2, -0.15) is 0 Å². The first-order chi connectivity index (χ1) is 10.2. The molecule has 5 heteroatoms. The Hall–Kier alpha value is -1.88. The maximum absolute atomic E-state index is 12.4. The van der Waals surface area contributed by atoms with Crippen LogP contribution in [0.15, 0.2) is 35.8 Å². The minimum atomic E-state index is 0.114. The van der Waals surface area contributed by atoms with Crippen LogP contribution in [0.2, 0.25) is 0 Å². The molecule has 0 bridgehead atoms. The number of benzene rings is 1. The predicted octanol–water partition coefficient (Wildman–Crippen LogP) is 3.81. The van der Waals surface area contributed by atoms with E-state index < -0.39 is 0 Å². The molecule has 0 radical (unpaired) electrons. The standard InChI is InChI=1S/C16H18N2O2S/c1-12-6-9-18(10-7-12)15(19)13-2-4-14(5-3-13)20-16-17-8-11-21-16/h2-5,8,11-12H,6-7,9-10H2,1H3. The van der Waals surface area contributed by atoms with E-state index in [1.807, 2.05) is 34.5 Å². The number of thiazole rings is 1. The zero-order valence-corrected chi connectivity index (χ0v) is 12.8. The van der Waals surface area contributed by atoms with Gasteiger partial charge in [0.2, 0.25) is 0 Å². The zero-order chi connectivity index (χ0) is 14.7. The van der Waals surface area contributed by atoms with Gasteiger partial charge in [-0.15, -0.1) is 0 Å². The molecule has 2 heterocycles. The summed E-state index contributed by atoms with van der Waals surface area (Å²) in [5, 5.41) is 2.48. The summed E-state index contributed by atoms with van der Waals surface area (Å²) in [4.78, 5) is 18.4. The molecule has 1 fully saturated rings. The first kappa shape index (κ1) is 14.1. The predicted molar refractivity (Wildman–Crippen MR) is 82.9 cm³/mol. The number of carbonyl (C=O) groups is 1. The van der Waals surface area contributed by atoms with Crippen LogP contribution in [0, 0.1) is 5.92 Å². The molecule has 1 aliphatic heterocycles. The van der Waals surface area contributed by atoms with E-state index in [1.54, 1.807) is 6.20 Å². The second-order valence-electron chi connectivity index (χ2n) is 5.40. The highest BCUT2D eigenvalue weighted by atomic mass is 32.1. The normalized spacial score (nSPS) is 16.0. The fourth-order valence-corrected chi connectivity index (χ4v) is 2.93. The van der Waals surface area contributed by atoms with Crippen LogP contribution < -0.4 is 4.74 Å². The van der Waals surface area contributed by atoms with Crippen LogP contribution in [0.25, 0.3) is 0 Å². The van der Waals surface area contributed by atoms with Crippen LogP contribution in [0.5, 0.6) is 10.9 Å². The highest BCUT2D eigenvalue weighted by molar-refractivity contribution is 7.11. The summed E-state index contributed by atoms with van der Waals surface area (Å²) in [7, 11) is 0. The van der Waals surface area contributed by atoms with Gasteiger partial charge in [-0.3, -0.25) is 4.79 Å². The van der Waals surface area contributed by atoms with Crippen LogP contribution in [0.3, 0.4) is 0 Å². The maximum Gasteiger partial charge on any atom is 0.278 e. The van der Waals surface area contributed by atoms with Crippen molar-refractivity contribution in [1.82, 2.24) is 9.88 Å². The van der Waals surface area contributed by atoms with Crippen molar-refractivity contribution in [3.05, 3.63) is 41.4 Å². The highest BCUT2D eigenvalue weighted by Crippen LogP contribution is 2.24. The van der Waals surface area contributed by atoms with Gasteiger partial charge in [-0.05, 0) is 43.0 Å². The molecule has 1 aromatic carbocycles. The number of piperidine rings is 1. The van der Waals surface area contributed by atoms with Gasteiger partial charge in [-0.1, -0.05) is 18.3 Å². The van der Waals surface area contributed by atoms with Gasteiger partial charge in [-0.25, -0.2) is 4.98 Å². The van der Waals surface area contributed by atoms with E-state index in [4.69, 9.17) is 4.74 Å². The lowest BCUT2D eigenvalue weighted by Crippen LogP contribution is -2.37. The number of likely N-dealkylation sites (tertiary alicyclic amines) is 1. The molecule has 0 atom stereocenters. The molecule has 1 aliphatic rings. The number of hydrogen-bond donors (Lipinski definition) is 0. The number of amides is 1. The quantitative estimate of drug-likeness (QED) is 0.866. The molecule has 0 spiro atoms. The summed E-state index contributed by atoms with van der Waals surface area (Å²) in [6, 6.07) is 7.29. The van der Waals surface area contributed by atoms with Gasteiger partial charge < -0.3 is 9.64 Å². The Balaban J connectivity index is 1.64. The van der Waals surface area contributed by atoms with Crippen LogP contribution in [-0.2, 0) is 0 Å². The second kappa shape index (κ2) is 6.26. The summed E-state index contributed by atoms with van der Waals surface area (Å²) in [5.74, 6) is 1.54. The number of carbonyl (C=O) groups excluding carboxylic acids is 1. The van der Waals surface area contributed by atoms with Gasteiger partial charge >= 0.3 is 0 Å². The Labute approximate surface area is 128 Å². The molecule has 1 amide bonds. The Morgan fingerprint density at radius 3 is 2.62 bits per heavy atom. The summed E-state index contributed by atoms with van der Waals surface area (Å²) < 4.78 is 5.60. The van der Waals surface area contributed by atoms with Crippen LogP contribution >= 0.6 is 11.3 Å². The van der Waals surface area contributed by atoms with E-state index in [2.05, 4.69) is 11.9 Å². The number of ether oxygens (including phenoxy) is 1. The average molecular weight is 302 g/mol. The monoisotopic (exact) mass is 302 g/mol. The van der Waals surface area contributed by atoms with Crippen molar-refractivity contribution >= 4 is 17.2 Å². The lowest BCUT2D eigenvalue weighted by atomic mass is 9.98. The van der Waals surface area contributed by atoms with Crippen LogP contribution in [-0.4, -0.2) is 28.9 Å². The molecule has 110 valence electrons. The second-order valence-corrected chi connectivity index (χ2v) is 6.26. The third kappa shape index (κ3) is 3.42. The van der Waals surface area contributed by atoms with E-state index in [0.29, 0.717) is 10.9 Å².